The molecule has 0 unspecified atom stereocenters. The number of carbonyl (C=O) groups excluding carboxylic acids is 1. The molecule has 0 aromatic rings. The summed E-state index contributed by atoms with van der Waals surface area (Å²) < 4.78 is 0. The number of aliphatic carboxylic acids is 1. The van der Waals surface area contributed by atoms with Gasteiger partial charge >= 0.3 is 5.97 Å². The van der Waals surface area contributed by atoms with E-state index in [2.05, 4.69) is 0 Å². The van der Waals surface area contributed by atoms with Crippen molar-refractivity contribution in [3.8, 4) is 0 Å². The first-order chi connectivity index (χ1) is 11.0. The van der Waals surface area contributed by atoms with Crippen LogP contribution in [0.2, 0.25) is 0 Å². The molecule has 1 aliphatic carbocycles. The van der Waals surface area contributed by atoms with E-state index in [9.17, 15) is 19.8 Å². The number of aliphatic hydroxyl groups excluding tert-OH is 2. The molecule has 0 aliphatic heterocycles. The quantitative estimate of drug-likeness (QED) is 0.424. The second-order valence-electron chi connectivity index (χ2n) is 6.13. The smallest absolute Gasteiger partial charge is 0.303 e. The molecule has 0 bridgehead atoms. The summed E-state index contributed by atoms with van der Waals surface area (Å²) in [5.74, 6) is -1.00. The summed E-state index contributed by atoms with van der Waals surface area (Å²) in [7, 11) is 0. The van der Waals surface area contributed by atoms with Crippen LogP contribution < -0.4 is 0 Å². The van der Waals surface area contributed by atoms with Crippen LogP contribution in [0.4, 0.5) is 0 Å². The Labute approximate surface area is 137 Å². The van der Waals surface area contributed by atoms with Gasteiger partial charge in [0.05, 0.1) is 12.2 Å². The van der Waals surface area contributed by atoms with Crippen molar-refractivity contribution in [2.45, 2.75) is 64.1 Å². The summed E-state index contributed by atoms with van der Waals surface area (Å²) in [6, 6.07) is 0. The molecule has 1 saturated carbocycles. The van der Waals surface area contributed by atoms with Crippen molar-refractivity contribution >= 4 is 11.8 Å². The van der Waals surface area contributed by atoms with Crippen LogP contribution in [0.3, 0.4) is 0 Å². The molecule has 0 saturated heterocycles. The summed E-state index contributed by atoms with van der Waals surface area (Å²) in [5, 5.41) is 28.3. The SMILES string of the molecule is CC[C@@H]1C(=O)C[C@H](O)[C@@H]1/C=C/[C@H](O)C/C=C\CCCCC(=O)O. The van der Waals surface area contributed by atoms with Crippen LogP contribution in [0.1, 0.15) is 51.9 Å². The predicted octanol–water partition coefficient (Wildman–Crippen LogP) is 2.47. The maximum Gasteiger partial charge on any atom is 0.303 e. The number of rotatable bonds is 10. The third-order valence-corrected chi connectivity index (χ3v) is 4.28. The number of carboxylic acids is 1. The Kier molecular flexibility index (Phi) is 8.81. The van der Waals surface area contributed by atoms with Crippen LogP contribution in [0.15, 0.2) is 24.3 Å². The van der Waals surface area contributed by atoms with Crippen LogP contribution in [0, 0.1) is 11.8 Å². The van der Waals surface area contributed by atoms with E-state index in [0.717, 1.165) is 12.8 Å². The van der Waals surface area contributed by atoms with Gasteiger partial charge in [0.1, 0.15) is 5.78 Å². The Morgan fingerprint density at radius 1 is 1.35 bits per heavy atom. The van der Waals surface area contributed by atoms with Gasteiger partial charge in [-0.05, 0) is 32.1 Å². The van der Waals surface area contributed by atoms with Crippen LogP contribution in [-0.4, -0.2) is 39.3 Å². The number of hydrogen-bond acceptors (Lipinski definition) is 4. The molecule has 0 aromatic carbocycles. The van der Waals surface area contributed by atoms with Crippen molar-refractivity contribution in [3.63, 3.8) is 0 Å². The lowest BCUT2D eigenvalue weighted by molar-refractivity contribution is -0.137. The fourth-order valence-electron chi connectivity index (χ4n) is 2.97. The second-order valence-corrected chi connectivity index (χ2v) is 6.13. The zero-order valence-corrected chi connectivity index (χ0v) is 13.7. The van der Waals surface area contributed by atoms with Gasteiger partial charge in [0, 0.05) is 24.7 Å². The van der Waals surface area contributed by atoms with Crippen molar-refractivity contribution in [3.05, 3.63) is 24.3 Å². The van der Waals surface area contributed by atoms with E-state index >= 15 is 0 Å². The maximum atomic E-state index is 11.7. The van der Waals surface area contributed by atoms with E-state index in [1.165, 1.54) is 0 Å². The first kappa shape index (κ1) is 19.6. The van der Waals surface area contributed by atoms with E-state index in [1.807, 2.05) is 19.1 Å². The van der Waals surface area contributed by atoms with E-state index in [0.29, 0.717) is 19.3 Å². The highest BCUT2D eigenvalue weighted by molar-refractivity contribution is 5.84. The molecule has 3 N–H and O–H groups in total. The van der Waals surface area contributed by atoms with Crippen LogP contribution in [0.25, 0.3) is 0 Å². The number of unbranched alkanes of at least 4 members (excludes halogenated alkanes) is 2. The Morgan fingerprint density at radius 3 is 2.74 bits per heavy atom. The average Bonchev–Trinajstić information content (AvgIpc) is 2.76. The molecule has 0 radical (unpaired) electrons. The molecule has 5 nitrogen and oxygen atoms in total. The lowest BCUT2D eigenvalue weighted by Gasteiger charge is -2.16. The van der Waals surface area contributed by atoms with Gasteiger partial charge in [-0.3, -0.25) is 9.59 Å². The Balaban J connectivity index is 2.28. The standard InChI is InChI=1S/C18H28O5/c1-2-14-15(17(21)12-16(14)20)11-10-13(19)8-6-4-3-5-7-9-18(22)23/h4,6,10-11,13-15,17,19,21H,2-3,5,7-9,12H2,1H3,(H,22,23)/b6-4-,11-10+/t13-,14+,15-,17+/m1/s1. The summed E-state index contributed by atoms with van der Waals surface area (Å²) in [4.78, 5) is 22.1. The fraction of sp³-hybridized carbons (Fsp3) is 0.667. The lowest BCUT2D eigenvalue weighted by atomic mass is 9.91. The number of ketones is 1. The third kappa shape index (κ3) is 7.10. The number of aliphatic hydroxyl groups is 2. The minimum atomic E-state index is -0.771. The summed E-state index contributed by atoms with van der Waals surface area (Å²) in [5.41, 5.74) is 0. The minimum absolute atomic E-state index is 0.102. The molecule has 1 rings (SSSR count). The van der Waals surface area contributed by atoms with E-state index in [-0.39, 0.29) is 30.5 Å². The molecule has 0 aromatic heterocycles. The van der Waals surface area contributed by atoms with Crippen LogP contribution >= 0.6 is 0 Å². The predicted molar refractivity (Wildman–Crippen MR) is 87.9 cm³/mol. The van der Waals surface area contributed by atoms with Gasteiger partial charge in [-0.2, -0.15) is 0 Å². The summed E-state index contributed by atoms with van der Waals surface area (Å²) in [6.07, 6.45) is 9.85. The molecule has 1 fully saturated rings. The minimum Gasteiger partial charge on any atom is -0.481 e. The first-order valence-electron chi connectivity index (χ1n) is 8.39. The molecule has 5 heteroatoms. The molecule has 0 amide bonds. The Bertz CT molecular complexity index is 441. The number of carboxylic acid groups (broad SMARTS) is 1. The highest BCUT2D eigenvalue weighted by atomic mass is 16.4. The van der Waals surface area contributed by atoms with Gasteiger partial charge in [0.15, 0.2) is 0 Å². The van der Waals surface area contributed by atoms with Crippen molar-refractivity contribution in [1.82, 2.24) is 0 Å². The van der Waals surface area contributed by atoms with Crippen molar-refractivity contribution in [2.24, 2.45) is 11.8 Å². The van der Waals surface area contributed by atoms with Gasteiger partial charge in [0.25, 0.3) is 0 Å². The second kappa shape index (κ2) is 10.3. The first-order valence-corrected chi connectivity index (χ1v) is 8.39. The van der Waals surface area contributed by atoms with Gasteiger partial charge in [0.2, 0.25) is 0 Å². The Hall–Kier alpha value is -1.46. The van der Waals surface area contributed by atoms with Gasteiger partial charge in [-0.25, -0.2) is 0 Å². The fourth-order valence-corrected chi connectivity index (χ4v) is 2.97. The molecule has 1 aliphatic rings. The number of allylic oxidation sites excluding steroid dienone is 1. The van der Waals surface area contributed by atoms with E-state index in [1.54, 1.807) is 12.2 Å². The average molecular weight is 324 g/mol. The number of hydrogen-bond donors (Lipinski definition) is 3. The molecular formula is C18H28O5. The molecule has 23 heavy (non-hydrogen) atoms. The molecule has 4 atom stereocenters. The molecule has 130 valence electrons. The lowest BCUT2D eigenvalue weighted by Crippen LogP contribution is -2.18. The van der Waals surface area contributed by atoms with Crippen LogP contribution in [-0.2, 0) is 9.59 Å². The highest BCUT2D eigenvalue weighted by Crippen LogP contribution is 2.32. The normalized spacial score (nSPS) is 26.4. The molecular weight excluding hydrogens is 296 g/mol. The van der Waals surface area contributed by atoms with E-state index in [4.69, 9.17) is 5.11 Å². The van der Waals surface area contributed by atoms with Gasteiger partial charge in [-0.15, -0.1) is 0 Å². The third-order valence-electron chi connectivity index (χ3n) is 4.28. The topological polar surface area (TPSA) is 94.8 Å². The monoisotopic (exact) mass is 324 g/mol. The zero-order chi connectivity index (χ0) is 17.2. The van der Waals surface area contributed by atoms with Gasteiger partial charge < -0.3 is 15.3 Å². The molecule has 0 heterocycles. The number of Topliss-reactive ketones (excluding diaryl/α,β-unsaturated/α-hetero) is 1. The number of carbonyl (C=O) groups is 2. The zero-order valence-electron chi connectivity index (χ0n) is 13.7. The highest BCUT2D eigenvalue weighted by Gasteiger charge is 2.38. The van der Waals surface area contributed by atoms with E-state index < -0.39 is 18.2 Å². The largest absolute Gasteiger partial charge is 0.481 e. The van der Waals surface area contributed by atoms with Crippen molar-refractivity contribution in [1.29, 1.82) is 0 Å². The maximum absolute atomic E-state index is 11.7. The van der Waals surface area contributed by atoms with Crippen molar-refractivity contribution < 1.29 is 24.9 Å². The molecule has 0 spiro atoms. The van der Waals surface area contributed by atoms with Crippen molar-refractivity contribution in [2.75, 3.05) is 0 Å². The summed E-state index contributed by atoms with van der Waals surface area (Å²) >= 11 is 0. The summed E-state index contributed by atoms with van der Waals surface area (Å²) in [6.45, 7) is 1.94. The van der Waals surface area contributed by atoms with Crippen LogP contribution in [0.5, 0.6) is 0 Å². The van der Waals surface area contributed by atoms with Gasteiger partial charge in [-0.1, -0.05) is 31.2 Å². The Morgan fingerprint density at radius 2 is 2.09 bits per heavy atom.